The first kappa shape index (κ1) is 24.3. The Bertz CT molecular complexity index is 1080. The molecular weight excluding hydrogens is 438 g/mol. The van der Waals surface area contributed by atoms with Crippen LogP contribution < -0.4 is 15.4 Å². The number of amides is 3. The molecule has 33 heavy (non-hydrogen) atoms. The number of thioether (sulfide) groups is 1. The molecule has 2 N–H and O–H groups in total. The second-order valence-corrected chi connectivity index (χ2v) is 8.92. The Morgan fingerprint density at radius 1 is 1.06 bits per heavy atom. The van der Waals surface area contributed by atoms with E-state index in [4.69, 9.17) is 4.74 Å². The van der Waals surface area contributed by atoms with Crippen molar-refractivity contribution in [2.75, 3.05) is 19.4 Å². The van der Waals surface area contributed by atoms with Crippen molar-refractivity contribution in [3.05, 3.63) is 54.1 Å². The first-order chi connectivity index (χ1) is 15.9. The van der Waals surface area contributed by atoms with Gasteiger partial charge in [0.25, 0.3) is 0 Å². The number of rotatable bonds is 9. The average molecular weight is 468 g/mol. The van der Waals surface area contributed by atoms with Crippen LogP contribution in [0.2, 0.25) is 0 Å². The van der Waals surface area contributed by atoms with Crippen LogP contribution in [-0.2, 0) is 4.79 Å². The number of aromatic nitrogens is 3. The van der Waals surface area contributed by atoms with Crippen LogP contribution in [0.25, 0.3) is 17.1 Å². The van der Waals surface area contributed by atoms with E-state index in [9.17, 15) is 9.59 Å². The number of imide groups is 1. The number of hydrogen-bond acceptors (Lipinski definition) is 6. The van der Waals surface area contributed by atoms with Crippen LogP contribution in [0.5, 0.6) is 5.75 Å². The summed E-state index contributed by atoms with van der Waals surface area (Å²) in [6, 6.07) is 15.1. The van der Waals surface area contributed by atoms with E-state index in [0.29, 0.717) is 23.4 Å². The van der Waals surface area contributed by atoms with Gasteiger partial charge in [0, 0.05) is 17.8 Å². The quantitative estimate of drug-likeness (QED) is 0.458. The molecule has 0 atom stereocenters. The Balaban J connectivity index is 1.76. The highest BCUT2D eigenvalue weighted by Gasteiger charge is 2.18. The van der Waals surface area contributed by atoms with Crippen molar-refractivity contribution in [1.82, 2.24) is 25.4 Å². The topological polar surface area (TPSA) is 98.1 Å². The minimum atomic E-state index is -0.486. The minimum absolute atomic E-state index is 0.0320. The van der Waals surface area contributed by atoms with Crippen molar-refractivity contribution in [2.45, 2.75) is 32.3 Å². The molecule has 3 rings (SSSR count). The molecule has 1 heterocycles. The van der Waals surface area contributed by atoms with E-state index in [2.05, 4.69) is 34.7 Å². The van der Waals surface area contributed by atoms with Gasteiger partial charge < -0.3 is 10.1 Å². The lowest BCUT2D eigenvalue weighted by Crippen LogP contribution is -2.40. The number of nitrogens with one attached hydrogen (secondary N) is 2. The summed E-state index contributed by atoms with van der Waals surface area (Å²) in [7, 11) is 1.62. The molecule has 8 nitrogen and oxygen atoms in total. The number of carbonyl (C=O) groups is 2. The minimum Gasteiger partial charge on any atom is -0.497 e. The molecule has 3 aromatic rings. The number of ether oxygens (including phenoxy) is 1. The number of methoxy groups -OCH3 is 1. The van der Waals surface area contributed by atoms with Crippen LogP contribution in [0, 0.1) is 12.8 Å². The van der Waals surface area contributed by atoms with Crippen molar-refractivity contribution in [2.24, 2.45) is 5.92 Å². The van der Waals surface area contributed by atoms with Crippen LogP contribution in [0.4, 0.5) is 4.79 Å². The third kappa shape index (κ3) is 6.82. The van der Waals surface area contributed by atoms with E-state index in [0.717, 1.165) is 29.0 Å². The molecule has 0 fully saturated rings. The van der Waals surface area contributed by atoms with Gasteiger partial charge in [-0.05, 0) is 55.7 Å². The van der Waals surface area contributed by atoms with E-state index in [1.54, 1.807) is 7.11 Å². The molecular formula is C24H29N5O3S. The molecule has 0 saturated heterocycles. The second-order valence-electron chi connectivity index (χ2n) is 7.98. The first-order valence-corrected chi connectivity index (χ1v) is 11.7. The van der Waals surface area contributed by atoms with Crippen LogP contribution in [-0.4, -0.2) is 46.1 Å². The fourth-order valence-corrected chi connectivity index (χ4v) is 3.78. The second kappa shape index (κ2) is 11.5. The van der Waals surface area contributed by atoms with E-state index < -0.39 is 11.9 Å². The van der Waals surface area contributed by atoms with Gasteiger partial charge in [-0.2, -0.15) is 0 Å². The Labute approximate surface area is 198 Å². The van der Waals surface area contributed by atoms with Crippen molar-refractivity contribution < 1.29 is 14.3 Å². The maximum absolute atomic E-state index is 12.3. The summed E-state index contributed by atoms with van der Waals surface area (Å²) in [4.78, 5) is 24.2. The van der Waals surface area contributed by atoms with Gasteiger partial charge in [0.05, 0.1) is 12.9 Å². The molecule has 0 saturated carbocycles. The Morgan fingerprint density at radius 3 is 2.39 bits per heavy atom. The zero-order valence-corrected chi connectivity index (χ0v) is 20.1. The van der Waals surface area contributed by atoms with Crippen LogP contribution in [0.3, 0.4) is 0 Å². The molecule has 0 aliphatic heterocycles. The highest BCUT2D eigenvalue weighted by molar-refractivity contribution is 7.99. The number of urea groups is 1. The Hall–Kier alpha value is -3.33. The monoisotopic (exact) mass is 467 g/mol. The van der Waals surface area contributed by atoms with Crippen LogP contribution >= 0.6 is 11.8 Å². The van der Waals surface area contributed by atoms with Crippen LogP contribution in [0.1, 0.15) is 25.8 Å². The normalized spacial score (nSPS) is 10.8. The smallest absolute Gasteiger partial charge is 0.321 e. The molecule has 0 aliphatic rings. The van der Waals surface area contributed by atoms with E-state index >= 15 is 0 Å². The van der Waals surface area contributed by atoms with Gasteiger partial charge in [0.1, 0.15) is 5.75 Å². The summed E-state index contributed by atoms with van der Waals surface area (Å²) in [5.41, 5.74) is 2.88. The summed E-state index contributed by atoms with van der Waals surface area (Å²) < 4.78 is 7.15. The van der Waals surface area contributed by atoms with Gasteiger partial charge in [-0.1, -0.05) is 43.3 Å². The van der Waals surface area contributed by atoms with Gasteiger partial charge in [-0.25, -0.2) is 4.79 Å². The lowest BCUT2D eigenvalue weighted by Gasteiger charge is -2.11. The van der Waals surface area contributed by atoms with Gasteiger partial charge in [0.2, 0.25) is 5.91 Å². The predicted octanol–water partition coefficient (Wildman–Crippen LogP) is 4.22. The Morgan fingerprint density at radius 2 is 1.76 bits per heavy atom. The van der Waals surface area contributed by atoms with E-state index in [-0.39, 0.29) is 5.75 Å². The highest BCUT2D eigenvalue weighted by atomic mass is 32.2. The molecule has 0 spiro atoms. The Kier molecular flexibility index (Phi) is 8.48. The number of hydrogen-bond donors (Lipinski definition) is 2. The SMILES string of the molecule is COc1ccc(-c2nnc(SCC(=O)NC(=O)NCCC(C)C)n2-c2ccc(C)cc2)cc1. The van der Waals surface area contributed by atoms with E-state index in [1.807, 2.05) is 60.0 Å². The molecule has 0 radical (unpaired) electrons. The lowest BCUT2D eigenvalue weighted by atomic mass is 10.1. The van der Waals surface area contributed by atoms with Gasteiger partial charge >= 0.3 is 6.03 Å². The summed E-state index contributed by atoms with van der Waals surface area (Å²) >= 11 is 1.22. The van der Waals surface area contributed by atoms with Gasteiger partial charge in [-0.3, -0.25) is 14.7 Å². The van der Waals surface area contributed by atoms with Crippen molar-refractivity contribution in [1.29, 1.82) is 0 Å². The van der Waals surface area contributed by atoms with Crippen molar-refractivity contribution in [3.63, 3.8) is 0 Å². The fraction of sp³-hybridized carbons (Fsp3) is 0.333. The summed E-state index contributed by atoms with van der Waals surface area (Å²) in [6.45, 7) is 6.70. The average Bonchev–Trinajstić information content (AvgIpc) is 3.22. The molecule has 2 aromatic carbocycles. The largest absolute Gasteiger partial charge is 0.497 e. The van der Waals surface area contributed by atoms with E-state index in [1.165, 1.54) is 11.8 Å². The molecule has 0 bridgehead atoms. The van der Waals surface area contributed by atoms with Crippen molar-refractivity contribution >= 4 is 23.7 Å². The fourth-order valence-electron chi connectivity index (χ4n) is 3.03. The van der Waals surface area contributed by atoms with Gasteiger partial charge in [0.15, 0.2) is 11.0 Å². The molecule has 174 valence electrons. The highest BCUT2D eigenvalue weighted by Crippen LogP contribution is 2.29. The maximum atomic E-state index is 12.3. The molecule has 0 unspecified atom stereocenters. The lowest BCUT2D eigenvalue weighted by molar-refractivity contribution is -0.117. The molecule has 0 aliphatic carbocycles. The zero-order valence-electron chi connectivity index (χ0n) is 19.3. The first-order valence-electron chi connectivity index (χ1n) is 10.7. The number of benzene rings is 2. The maximum Gasteiger partial charge on any atom is 0.321 e. The standard InChI is InChI=1S/C24H29N5O3S/c1-16(2)13-14-25-23(31)26-21(30)15-33-24-28-27-22(18-7-11-20(32-4)12-8-18)29(24)19-9-5-17(3)6-10-19/h5-12,16H,13-15H2,1-4H3,(H2,25,26,30,31). The summed E-state index contributed by atoms with van der Waals surface area (Å²) in [6.07, 6.45) is 0.851. The zero-order chi connectivity index (χ0) is 23.8. The predicted molar refractivity (Wildman–Crippen MR) is 130 cm³/mol. The molecule has 1 aromatic heterocycles. The summed E-state index contributed by atoms with van der Waals surface area (Å²) in [5, 5.41) is 14.3. The number of carbonyl (C=O) groups excluding carboxylic acids is 2. The number of nitrogens with zero attached hydrogens (tertiary/aromatic N) is 3. The molecule has 9 heteroatoms. The molecule has 3 amide bonds. The van der Waals surface area contributed by atoms with Crippen molar-refractivity contribution in [3.8, 4) is 22.8 Å². The van der Waals surface area contributed by atoms with Crippen LogP contribution in [0.15, 0.2) is 53.7 Å². The number of aryl methyl sites for hydroxylation is 1. The van der Waals surface area contributed by atoms with Gasteiger partial charge in [-0.15, -0.1) is 10.2 Å². The summed E-state index contributed by atoms with van der Waals surface area (Å²) in [5.74, 6) is 1.51. The third-order valence-electron chi connectivity index (χ3n) is 4.87. The third-order valence-corrected chi connectivity index (χ3v) is 5.80.